The third kappa shape index (κ3) is 2.49. The third-order valence-electron chi connectivity index (χ3n) is 1.88. The van der Waals surface area contributed by atoms with Crippen LogP contribution in [0.2, 0.25) is 0 Å². The number of alkyl halides is 2. The van der Waals surface area contributed by atoms with Crippen LogP contribution in [0.1, 0.15) is 15.9 Å². The Morgan fingerprint density at radius 3 is 2.56 bits per heavy atom. The van der Waals surface area contributed by atoms with Gasteiger partial charge < -0.3 is 9.84 Å². The number of hydrogen-bond donors (Lipinski definition) is 1. The molecule has 94 valence electrons. The number of halogens is 2. The zero-order valence-corrected chi connectivity index (χ0v) is 8.46. The van der Waals surface area contributed by atoms with Gasteiger partial charge in [0, 0.05) is 6.07 Å². The number of aromatic carboxylic acids is 1. The monoisotopic (exact) mass is 258 g/mol. The molecular weight excluding hydrogens is 254 g/mol. The number of benzene rings is 1. The van der Waals surface area contributed by atoms with E-state index in [-0.39, 0.29) is 0 Å². The third-order valence-corrected chi connectivity index (χ3v) is 1.88. The van der Waals surface area contributed by atoms with Crippen molar-refractivity contribution in [2.75, 3.05) is 0 Å². The summed E-state index contributed by atoms with van der Waals surface area (Å²) in [6.45, 7) is -3.42. The van der Waals surface area contributed by atoms with E-state index in [1.54, 1.807) is 0 Å². The molecule has 0 heterocycles. The van der Waals surface area contributed by atoms with Crippen molar-refractivity contribution in [3.05, 3.63) is 33.4 Å². The molecule has 0 spiro atoms. The molecule has 1 aromatic carbocycles. The number of nitro groups is 1. The van der Waals surface area contributed by atoms with Crippen molar-refractivity contribution in [1.82, 2.24) is 0 Å². The van der Waals surface area contributed by atoms with Crippen LogP contribution in [0.4, 0.5) is 14.5 Å². The van der Waals surface area contributed by atoms with Crippen LogP contribution in [0.15, 0.2) is 12.1 Å². The average Bonchev–Trinajstić information content (AvgIpc) is 2.26. The van der Waals surface area contributed by atoms with Crippen molar-refractivity contribution < 1.29 is 28.3 Å². The highest BCUT2D eigenvalue weighted by atomic mass is 19.3. The number of rotatable bonds is 4. The van der Waals surface area contributed by atoms with Gasteiger partial charge in [0.15, 0.2) is 0 Å². The Morgan fingerprint density at radius 1 is 1.56 bits per heavy atom. The van der Waals surface area contributed by atoms with Gasteiger partial charge in [0.2, 0.25) is 5.75 Å². The van der Waals surface area contributed by atoms with E-state index in [0.29, 0.717) is 6.07 Å². The lowest BCUT2D eigenvalue weighted by molar-refractivity contribution is -0.386. The number of nitro benzene ring substituents is 1. The molecule has 0 saturated heterocycles. The maximum absolute atomic E-state index is 12.1. The number of carboxylic acid groups (broad SMARTS) is 1. The average molecular weight is 258 g/mol. The fourth-order valence-corrected chi connectivity index (χ4v) is 1.21. The molecule has 0 aliphatic rings. The van der Waals surface area contributed by atoms with Crippen LogP contribution >= 0.6 is 0 Å². The quantitative estimate of drug-likeness (QED) is 0.650. The molecule has 0 radical (unpaired) electrons. The van der Waals surface area contributed by atoms with E-state index < -0.39 is 40.1 Å². The van der Waals surface area contributed by atoms with Gasteiger partial charge >= 0.3 is 18.3 Å². The molecule has 0 atom stereocenters. The number of carboxylic acids is 1. The van der Waals surface area contributed by atoms with E-state index in [1.807, 2.05) is 0 Å². The molecule has 9 heteroatoms. The molecule has 1 N–H and O–H groups in total. The normalized spacial score (nSPS) is 9.89. The first-order valence-electron chi connectivity index (χ1n) is 4.28. The van der Waals surface area contributed by atoms with E-state index >= 15 is 0 Å². The molecule has 0 fully saturated rings. The summed E-state index contributed by atoms with van der Waals surface area (Å²) in [5.41, 5.74) is -2.38. The SMILES string of the molecule is N#Cc1c(C(=O)O)ccc([N+](=O)[O-])c1OC(F)F. The van der Waals surface area contributed by atoms with Crippen molar-refractivity contribution in [2.24, 2.45) is 0 Å². The molecule has 0 aromatic heterocycles. The van der Waals surface area contributed by atoms with Crippen LogP contribution < -0.4 is 4.74 Å². The minimum atomic E-state index is -3.42. The van der Waals surface area contributed by atoms with Gasteiger partial charge in [-0.3, -0.25) is 10.1 Å². The lowest BCUT2D eigenvalue weighted by Gasteiger charge is -2.08. The van der Waals surface area contributed by atoms with Crippen molar-refractivity contribution in [3.63, 3.8) is 0 Å². The Morgan fingerprint density at radius 2 is 2.17 bits per heavy atom. The van der Waals surface area contributed by atoms with Gasteiger partial charge in [0.25, 0.3) is 0 Å². The standard InChI is InChI=1S/C9H4F2N2O5/c10-9(11)18-7-5(3-12)4(8(14)15)1-2-6(7)13(16)17/h1-2,9H,(H,14,15). The second kappa shape index (κ2) is 5.05. The van der Waals surface area contributed by atoms with Gasteiger partial charge in [-0.25, -0.2) is 4.79 Å². The highest BCUT2D eigenvalue weighted by molar-refractivity contribution is 5.92. The van der Waals surface area contributed by atoms with E-state index in [0.717, 1.165) is 6.07 Å². The van der Waals surface area contributed by atoms with Gasteiger partial charge in [-0.1, -0.05) is 0 Å². The first-order valence-corrected chi connectivity index (χ1v) is 4.28. The van der Waals surface area contributed by atoms with Crippen molar-refractivity contribution in [1.29, 1.82) is 5.26 Å². The molecule has 7 nitrogen and oxygen atoms in total. The van der Waals surface area contributed by atoms with Crippen LogP contribution in [-0.2, 0) is 0 Å². The van der Waals surface area contributed by atoms with Crippen molar-refractivity contribution in [2.45, 2.75) is 6.61 Å². The van der Waals surface area contributed by atoms with Gasteiger partial charge in [0.05, 0.1) is 10.5 Å². The predicted octanol–water partition coefficient (Wildman–Crippen LogP) is 1.77. The molecule has 0 aliphatic carbocycles. The van der Waals surface area contributed by atoms with E-state index in [2.05, 4.69) is 4.74 Å². The largest absolute Gasteiger partial charge is 0.478 e. The van der Waals surface area contributed by atoms with Crippen molar-refractivity contribution in [3.8, 4) is 11.8 Å². The molecule has 0 unspecified atom stereocenters. The Hall–Kier alpha value is -2.76. The molecule has 0 aliphatic heterocycles. The highest BCUT2D eigenvalue weighted by Crippen LogP contribution is 2.34. The van der Waals surface area contributed by atoms with Crippen LogP contribution in [0, 0.1) is 21.4 Å². The zero-order valence-electron chi connectivity index (χ0n) is 8.46. The molecule has 0 saturated carbocycles. The summed E-state index contributed by atoms with van der Waals surface area (Å²) in [6.07, 6.45) is 0. The number of nitrogens with zero attached hydrogens (tertiary/aromatic N) is 2. The second-order valence-electron chi connectivity index (χ2n) is 2.89. The molecule has 0 amide bonds. The van der Waals surface area contributed by atoms with Gasteiger partial charge in [0.1, 0.15) is 11.6 Å². The smallest absolute Gasteiger partial charge is 0.387 e. The first kappa shape index (κ1) is 13.3. The summed E-state index contributed by atoms with van der Waals surface area (Å²) in [7, 11) is 0. The summed E-state index contributed by atoms with van der Waals surface area (Å²) in [5.74, 6) is -2.64. The maximum atomic E-state index is 12.1. The topological polar surface area (TPSA) is 113 Å². The highest BCUT2D eigenvalue weighted by Gasteiger charge is 2.27. The Kier molecular flexibility index (Phi) is 3.73. The minimum Gasteiger partial charge on any atom is -0.478 e. The van der Waals surface area contributed by atoms with E-state index in [4.69, 9.17) is 10.4 Å². The Labute approximate surface area is 98.0 Å². The number of carbonyl (C=O) groups is 1. The van der Waals surface area contributed by atoms with Crippen LogP contribution in [0.3, 0.4) is 0 Å². The van der Waals surface area contributed by atoms with Crippen molar-refractivity contribution >= 4 is 11.7 Å². The summed E-state index contributed by atoms with van der Waals surface area (Å²) >= 11 is 0. The zero-order chi connectivity index (χ0) is 13.9. The molecule has 1 aromatic rings. The Bertz CT molecular complexity index is 553. The number of nitriles is 1. The first-order chi connectivity index (χ1) is 8.38. The van der Waals surface area contributed by atoms with Crippen LogP contribution in [0.25, 0.3) is 0 Å². The summed E-state index contributed by atoms with van der Waals surface area (Å²) in [4.78, 5) is 20.3. The Balaban J connectivity index is 3.57. The molecule has 1 rings (SSSR count). The van der Waals surface area contributed by atoms with Crippen LogP contribution in [0.5, 0.6) is 5.75 Å². The molecule has 0 bridgehead atoms. The molecule has 18 heavy (non-hydrogen) atoms. The van der Waals surface area contributed by atoms with E-state index in [9.17, 15) is 23.7 Å². The predicted molar refractivity (Wildman–Crippen MR) is 51.4 cm³/mol. The number of hydrogen-bond acceptors (Lipinski definition) is 5. The summed E-state index contributed by atoms with van der Waals surface area (Å²) in [6, 6.07) is 2.76. The van der Waals surface area contributed by atoms with Gasteiger partial charge in [-0.2, -0.15) is 14.0 Å². The molecular formula is C9H4F2N2O5. The minimum absolute atomic E-state index is 0.654. The lowest BCUT2D eigenvalue weighted by atomic mass is 10.1. The van der Waals surface area contributed by atoms with Gasteiger partial charge in [-0.15, -0.1) is 0 Å². The van der Waals surface area contributed by atoms with Gasteiger partial charge in [-0.05, 0) is 6.07 Å². The lowest BCUT2D eigenvalue weighted by Crippen LogP contribution is -2.09. The fourth-order valence-electron chi connectivity index (χ4n) is 1.21. The number of ether oxygens (including phenoxy) is 1. The van der Waals surface area contributed by atoms with Crippen LogP contribution in [-0.4, -0.2) is 22.6 Å². The van der Waals surface area contributed by atoms with E-state index in [1.165, 1.54) is 6.07 Å². The summed E-state index contributed by atoms with van der Waals surface area (Å²) < 4.78 is 28.1. The maximum Gasteiger partial charge on any atom is 0.387 e. The fraction of sp³-hybridized carbons (Fsp3) is 0.111. The second-order valence-corrected chi connectivity index (χ2v) is 2.89. The summed E-state index contributed by atoms with van der Waals surface area (Å²) in [5, 5.41) is 28.0.